The molecule has 0 saturated heterocycles. The van der Waals surface area contributed by atoms with Crippen LogP contribution in [0.25, 0.3) is 0 Å². The van der Waals surface area contributed by atoms with Crippen molar-refractivity contribution in [2.45, 2.75) is 45.1 Å². The number of hydrogen-bond acceptors (Lipinski definition) is 8. The lowest BCUT2D eigenvalue weighted by Crippen LogP contribution is -2.36. The zero-order chi connectivity index (χ0) is 22.2. The van der Waals surface area contributed by atoms with E-state index in [1.165, 1.54) is 11.6 Å². The largest absolute Gasteiger partial charge is 0.459 e. The third-order valence-corrected chi connectivity index (χ3v) is 4.70. The number of carbonyl (C=O) groups excluding carboxylic acids is 2. The molecule has 2 aromatic carbocycles. The van der Waals surface area contributed by atoms with E-state index < -0.39 is 30.1 Å². The normalized spacial score (nSPS) is 13.8. The Balaban J connectivity index is 1.76. The standard InChI is InChI=1S/C22H25N5O4/c1-15(22(29)30-14-18-11-7-4-8-12-18)27-21(24-25-26-27)20(31-16(2)28)19(23)13-17-9-5-3-6-10-17/h3-12,15,19-20H,13-14,23H2,1-2H3/t15-,19-,20+/m0/s1. The van der Waals surface area contributed by atoms with E-state index in [9.17, 15) is 9.59 Å². The summed E-state index contributed by atoms with van der Waals surface area (Å²) in [5, 5.41) is 11.6. The lowest BCUT2D eigenvalue weighted by molar-refractivity contribution is -0.149. The number of aromatic nitrogens is 4. The number of esters is 2. The van der Waals surface area contributed by atoms with Crippen LogP contribution in [0.3, 0.4) is 0 Å². The monoisotopic (exact) mass is 423 g/mol. The molecule has 9 nitrogen and oxygen atoms in total. The number of hydrogen-bond donors (Lipinski definition) is 1. The first-order valence-electron chi connectivity index (χ1n) is 9.90. The number of nitrogens with zero attached hydrogens (tertiary/aromatic N) is 4. The number of tetrazole rings is 1. The molecule has 3 atom stereocenters. The maximum Gasteiger partial charge on any atom is 0.331 e. The van der Waals surface area contributed by atoms with E-state index in [0.717, 1.165) is 11.1 Å². The fourth-order valence-electron chi connectivity index (χ4n) is 3.12. The molecule has 3 aromatic rings. The number of nitrogens with two attached hydrogens (primary N) is 1. The topological polar surface area (TPSA) is 122 Å². The Morgan fingerprint density at radius 1 is 1.03 bits per heavy atom. The molecular formula is C22H25N5O4. The second-order valence-electron chi connectivity index (χ2n) is 7.13. The van der Waals surface area contributed by atoms with Gasteiger partial charge in [-0.05, 0) is 34.9 Å². The summed E-state index contributed by atoms with van der Waals surface area (Å²) in [5.41, 5.74) is 8.20. The van der Waals surface area contributed by atoms with Crippen molar-refractivity contribution in [3.05, 3.63) is 77.6 Å². The Kier molecular flexibility index (Phi) is 7.45. The van der Waals surface area contributed by atoms with Gasteiger partial charge in [0.15, 0.2) is 18.0 Å². The first-order valence-corrected chi connectivity index (χ1v) is 9.90. The van der Waals surface area contributed by atoms with Gasteiger partial charge in [-0.3, -0.25) is 4.79 Å². The lowest BCUT2D eigenvalue weighted by atomic mass is 10.0. The van der Waals surface area contributed by atoms with E-state index in [1.807, 2.05) is 60.7 Å². The van der Waals surface area contributed by atoms with Gasteiger partial charge in [-0.1, -0.05) is 60.7 Å². The maximum absolute atomic E-state index is 12.6. The molecule has 31 heavy (non-hydrogen) atoms. The summed E-state index contributed by atoms with van der Waals surface area (Å²) in [4.78, 5) is 24.3. The van der Waals surface area contributed by atoms with Crippen LogP contribution in [-0.2, 0) is 32.1 Å². The van der Waals surface area contributed by atoms with Gasteiger partial charge in [-0.25, -0.2) is 9.48 Å². The Bertz CT molecular complexity index is 993. The van der Waals surface area contributed by atoms with E-state index in [4.69, 9.17) is 15.2 Å². The first kappa shape index (κ1) is 22.1. The van der Waals surface area contributed by atoms with Crippen molar-refractivity contribution < 1.29 is 19.1 Å². The molecule has 0 aliphatic carbocycles. The highest BCUT2D eigenvalue weighted by molar-refractivity contribution is 5.73. The average Bonchev–Trinajstić information content (AvgIpc) is 3.26. The highest BCUT2D eigenvalue weighted by atomic mass is 16.5. The smallest absolute Gasteiger partial charge is 0.331 e. The van der Waals surface area contributed by atoms with Crippen molar-refractivity contribution in [3.8, 4) is 0 Å². The molecule has 9 heteroatoms. The number of ether oxygens (including phenoxy) is 2. The average molecular weight is 423 g/mol. The molecule has 162 valence electrons. The highest BCUT2D eigenvalue weighted by Crippen LogP contribution is 2.23. The first-order chi connectivity index (χ1) is 15.0. The quantitative estimate of drug-likeness (QED) is 0.520. The van der Waals surface area contributed by atoms with Crippen LogP contribution >= 0.6 is 0 Å². The van der Waals surface area contributed by atoms with Crippen molar-refractivity contribution in [1.82, 2.24) is 20.2 Å². The highest BCUT2D eigenvalue weighted by Gasteiger charge is 2.32. The van der Waals surface area contributed by atoms with Gasteiger partial charge in [0.25, 0.3) is 0 Å². The molecule has 0 spiro atoms. The third-order valence-electron chi connectivity index (χ3n) is 4.70. The molecule has 0 unspecified atom stereocenters. The fourth-order valence-corrected chi connectivity index (χ4v) is 3.12. The van der Waals surface area contributed by atoms with Gasteiger partial charge < -0.3 is 15.2 Å². The number of rotatable bonds is 9. The summed E-state index contributed by atoms with van der Waals surface area (Å²) in [6.07, 6.45) is -0.504. The molecule has 0 saturated carbocycles. The minimum atomic E-state index is -0.933. The van der Waals surface area contributed by atoms with Crippen LogP contribution in [0.1, 0.15) is 42.9 Å². The van der Waals surface area contributed by atoms with Gasteiger partial charge in [0.1, 0.15) is 6.61 Å². The van der Waals surface area contributed by atoms with Crippen LogP contribution < -0.4 is 5.73 Å². The van der Waals surface area contributed by atoms with Crippen LogP contribution in [0.15, 0.2) is 60.7 Å². The Hall–Kier alpha value is -3.59. The maximum atomic E-state index is 12.6. The Morgan fingerprint density at radius 2 is 1.65 bits per heavy atom. The zero-order valence-electron chi connectivity index (χ0n) is 17.4. The summed E-state index contributed by atoms with van der Waals surface area (Å²) < 4.78 is 12.1. The fraction of sp³-hybridized carbons (Fsp3) is 0.318. The molecule has 0 radical (unpaired) electrons. The summed E-state index contributed by atoms with van der Waals surface area (Å²) in [7, 11) is 0. The Labute approximate surface area is 180 Å². The number of benzene rings is 2. The molecule has 0 amide bonds. The Morgan fingerprint density at radius 3 is 2.26 bits per heavy atom. The molecule has 0 aliphatic heterocycles. The van der Waals surface area contributed by atoms with Gasteiger partial charge >= 0.3 is 11.9 Å². The zero-order valence-corrected chi connectivity index (χ0v) is 17.4. The summed E-state index contributed by atoms with van der Waals surface area (Å²) >= 11 is 0. The van der Waals surface area contributed by atoms with E-state index >= 15 is 0 Å². The molecule has 1 aromatic heterocycles. The van der Waals surface area contributed by atoms with E-state index in [0.29, 0.717) is 6.42 Å². The van der Waals surface area contributed by atoms with Crippen molar-refractivity contribution in [2.24, 2.45) is 5.73 Å². The molecule has 2 N–H and O–H groups in total. The minimum absolute atomic E-state index is 0.127. The minimum Gasteiger partial charge on any atom is -0.459 e. The second kappa shape index (κ2) is 10.4. The van der Waals surface area contributed by atoms with E-state index in [-0.39, 0.29) is 12.4 Å². The van der Waals surface area contributed by atoms with Gasteiger partial charge in [0, 0.05) is 6.92 Å². The molecule has 3 rings (SSSR count). The SMILES string of the molecule is CC(=O)O[C@@H](c1nnnn1[C@@H](C)C(=O)OCc1ccccc1)[C@@H](N)Cc1ccccc1. The van der Waals surface area contributed by atoms with Crippen LogP contribution in [0.4, 0.5) is 0 Å². The predicted octanol–water partition coefficient (Wildman–Crippen LogP) is 2.15. The number of carbonyl (C=O) groups is 2. The van der Waals surface area contributed by atoms with Gasteiger partial charge in [0.05, 0.1) is 6.04 Å². The van der Waals surface area contributed by atoms with Crippen LogP contribution in [0.5, 0.6) is 0 Å². The molecule has 0 fully saturated rings. The van der Waals surface area contributed by atoms with E-state index in [1.54, 1.807) is 6.92 Å². The van der Waals surface area contributed by atoms with Crippen molar-refractivity contribution in [2.75, 3.05) is 0 Å². The lowest BCUT2D eigenvalue weighted by Gasteiger charge is -2.24. The van der Waals surface area contributed by atoms with Crippen LogP contribution in [-0.4, -0.2) is 38.2 Å². The predicted molar refractivity (Wildman–Crippen MR) is 111 cm³/mol. The van der Waals surface area contributed by atoms with E-state index in [2.05, 4.69) is 15.5 Å². The summed E-state index contributed by atoms with van der Waals surface area (Å²) in [6.45, 7) is 3.02. The van der Waals surface area contributed by atoms with Gasteiger partial charge in [-0.15, -0.1) is 5.10 Å². The second-order valence-corrected chi connectivity index (χ2v) is 7.13. The van der Waals surface area contributed by atoms with Gasteiger partial charge in [0.2, 0.25) is 0 Å². The molecular weight excluding hydrogens is 398 g/mol. The van der Waals surface area contributed by atoms with Crippen LogP contribution in [0.2, 0.25) is 0 Å². The van der Waals surface area contributed by atoms with Crippen molar-refractivity contribution in [1.29, 1.82) is 0 Å². The molecule has 0 bridgehead atoms. The van der Waals surface area contributed by atoms with Crippen molar-refractivity contribution >= 4 is 11.9 Å². The summed E-state index contributed by atoms with van der Waals surface area (Å²) in [6, 6.07) is 17.4. The third kappa shape index (κ3) is 5.95. The molecule has 1 heterocycles. The summed E-state index contributed by atoms with van der Waals surface area (Å²) in [5.74, 6) is -0.860. The van der Waals surface area contributed by atoms with Crippen molar-refractivity contribution in [3.63, 3.8) is 0 Å². The molecule has 0 aliphatic rings. The van der Waals surface area contributed by atoms with Crippen LogP contribution in [0, 0.1) is 0 Å². The van der Waals surface area contributed by atoms with Gasteiger partial charge in [-0.2, -0.15) is 0 Å².